The fraction of sp³-hybridized carbons (Fsp3) is 0.714. The molecule has 1 aromatic carbocycles. The number of halogens is 1. The van der Waals surface area contributed by atoms with Crippen LogP contribution in [0.5, 0.6) is 0 Å². The number of hydrogen-bond acceptors (Lipinski definition) is 3. The molecule has 5 aliphatic rings. The van der Waals surface area contributed by atoms with Gasteiger partial charge in [-0.15, -0.1) is 0 Å². The number of nitrogens with one attached hydrogen (secondary N) is 1. The van der Waals surface area contributed by atoms with Crippen molar-refractivity contribution in [3.63, 3.8) is 0 Å². The average Bonchev–Trinajstić information content (AvgIpc) is 2.75. The number of rotatable bonds is 6. The number of benzene rings is 1. The van der Waals surface area contributed by atoms with Crippen molar-refractivity contribution in [2.45, 2.75) is 89.2 Å². The van der Waals surface area contributed by atoms with Gasteiger partial charge in [-0.2, -0.15) is 0 Å². The van der Waals surface area contributed by atoms with Crippen molar-refractivity contribution < 1.29 is 14.7 Å². The number of nitrogens with zero attached hydrogens (tertiary/aromatic N) is 1. The molecule has 1 aromatic rings. The van der Waals surface area contributed by atoms with Gasteiger partial charge in [-0.25, -0.2) is 0 Å². The molecule has 4 aliphatic carbocycles. The summed E-state index contributed by atoms with van der Waals surface area (Å²) in [6, 6.07) is 7.55. The maximum Gasteiger partial charge on any atom is 0.245 e. The quantitative estimate of drug-likeness (QED) is 0.600. The molecule has 34 heavy (non-hydrogen) atoms. The Morgan fingerprint density at radius 2 is 1.71 bits per heavy atom. The van der Waals surface area contributed by atoms with Gasteiger partial charge in [-0.1, -0.05) is 37.6 Å². The van der Waals surface area contributed by atoms with Crippen LogP contribution < -0.4 is 5.32 Å². The number of hydrogen-bond donors (Lipinski definition) is 2. The minimum absolute atomic E-state index is 0.0198. The lowest BCUT2D eigenvalue weighted by Gasteiger charge is -2.60. The second-order valence-corrected chi connectivity index (χ2v) is 12.7. The highest BCUT2D eigenvalue weighted by Gasteiger charge is 2.57. The molecule has 4 bridgehead atoms. The maximum absolute atomic E-state index is 13.4. The van der Waals surface area contributed by atoms with Gasteiger partial charge in [0, 0.05) is 24.5 Å². The zero-order valence-electron chi connectivity index (χ0n) is 20.6. The molecule has 1 heterocycles. The van der Waals surface area contributed by atoms with E-state index in [9.17, 15) is 14.7 Å². The van der Waals surface area contributed by atoms with Gasteiger partial charge in [0.25, 0.3) is 0 Å². The molecule has 0 aromatic heterocycles. The second-order valence-electron chi connectivity index (χ2n) is 12.3. The highest BCUT2D eigenvalue weighted by molar-refractivity contribution is 6.30. The lowest BCUT2D eigenvalue weighted by Crippen LogP contribution is -2.58. The average molecular weight is 487 g/mol. The van der Waals surface area contributed by atoms with Crippen LogP contribution in [0.2, 0.25) is 5.02 Å². The van der Waals surface area contributed by atoms with Crippen LogP contribution in [0.4, 0.5) is 0 Å². The van der Waals surface area contributed by atoms with E-state index in [4.69, 9.17) is 11.6 Å². The lowest BCUT2D eigenvalue weighted by atomic mass is 9.47. The third-order valence-electron chi connectivity index (χ3n) is 9.08. The lowest BCUT2D eigenvalue weighted by molar-refractivity contribution is -0.169. The van der Waals surface area contributed by atoms with E-state index >= 15 is 0 Å². The van der Waals surface area contributed by atoms with E-state index in [1.165, 1.54) is 12.0 Å². The molecule has 1 saturated heterocycles. The van der Waals surface area contributed by atoms with Crippen molar-refractivity contribution in [3.05, 3.63) is 34.9 Å². The first-order valence-electron chi connectivity index (χ1n) is 13.2. The molecule has 3 atom stereocenters. The predicted octanol–water partition coefficient (Wildman–Crippen LogP) is 4.91. The van der Waals surface area contributed by atoms with Gasteiger partial charge in [0.15, 0.2) is 0 Å². The van der Waals surface area contributed by atoms with E-state index < -0.39 is 11.6 Å². The molecule has 2 amide bonds. The Bertz CT molecular complexity index is 908. The smallest absolute Gasteiger partial charge is 0.245 e. The second kappa shape index (κ2) is 9.13. The van der Waals surface area contributed by atoms with Crippen LogP contribution in [0.15, 0.2) is 24.3 Å². The normalized spacial score (nSPS) is 33.9. The van der Waals surface area contributed by atoms with E-state index in [0.717, 1.165) is 50.0 Å². The first kappa shape index (κ1) is 24.1. The van der Waals surface area contributed by atoms with Crippen LogP contribution in [0.25, 0.3) is 0 Å². The summed E-state index contributed by atoms with van der Waals surface area (Å²) in [7, 11) is 0. The Kier molecular flexibility index (Phi) is 6.48. The number of piperidine rings is 1. The molecular formula is C28H39ClN2O3. The first-order chi connectivity index (χ1) is 16.1. The molecule has 2 N–H and O–H groups in total. The molecule has 6 heteroatoms. The number of carbonyl (C=O) groups is 2. The topological polar surface area (TPSA) is 69.6 Å². The maximum atomic E-state index is 13.4. The van der Waals surface area contributed by atoms with Crippen molar-refractivity contribution in [3.8, 4) is 0 Å². The zero-order valence-corrected chi connectivity index (χ0v) is 21.3. The van der Waals surface area contributed by atoms with Gasteiger partial charge >= 0.3 is 0 Å². The Balaban J connectivity index is 1.18. The molecule has 6 rings (SSSR count). The third kappa shape index (κ3) is 4.88. The molecule has 0 radical (unpaired) electrons. The van der Waals surface area contributed by atoms with E-state index in [1.54, 1.807) is 0 Å². The van der Waals surface area contributed by atoms with E-state index in [2.05, 4.69) is 17.4 Å². The highest BCUT2D eigenvalue weighted by Crippen LogP contribution is 2.62. The van der Waals surface area contributed by atoms with E-state index in [1.807, 2.05) is 30.9 Å². The van der Waals surface area contributed by atoms with Crippen molar-refractivity contribution in [1.29, 1.82) is 0 Å². The summed E-state index contributed by atoms with van der Waals surface area (Å²) >= 11 is 6.03. The number of carbonyl (C=O) groups excluding carboxylic acids is 2. The molecule has 2 unspecified atom stereocenters. The molecule has 4 saturated carbocycles. The van der Waals surface area contributed by atoms with Crippen LogP contribution in [0, 0.1) is 23.2 Å². The van der Waals surface area contributed by atoms with E-state index in [0.29, 0.717) is 37.3 Å². The van der Waals surface area contributed by atoms with Gasteiger partial charge in [-0.3, -0.25) is 9.59 Å². The number of amides is 2. The summed E-state index contributed by atoms with van der Waals surface area (Å²) in [5.41, 5.74) is 0.638. The third-order valence-corrected chi connectivity index (χ3v) is 9.34. The summed E-state index contributed by atoms with van der Waals surface area (Å²) in [5, 5.41) is 14.9. The first-order valence-corrected chi connectivity index (χ1v) is 13.6. The van der Waals surface area contributed by atoms with Crippen LogP contribution in [0.3, 0.4) is 0 Å². The number of likely N-dealkylation sites (tertiary alicyclic amines) is 1. The van der Waals surface area contributed by atoms with Gasteiger partial charge in [-0.05, 0) is 98.1 Å². The fourth-order valence-corrected chi connectivity index (χ4v) is 8.18. The SMILES string of the molecule is CC(C)[C@@H](NC(=O)CC12CC3CC(CC(O)(C3)C1)C2)C(=O)N1CCC(c2ccc(Cl)cc2)CC1. The van der Waals surface area contributed by atoms with Crippen LogP contribution in [-0.2, 0) is 9.59 Å². The summed E-state index contributed by atoms with van der Waals surface area (Å²) in [5.74, 6) is 1.61. The molecule has 1 aliphatic heterocycles. The molecule has 186 valence electrons. The minimum atomic E-state index is -0.563. The van der Waals surface area contributed by atoms with Crippen molar-refractivity contribution >= 4 is 23.4 Å². The number of aliphatic hydroxyl groups is 1. The zero-order chi connectivity index (χ0) is 24.1. The van der Waals surface area contributed by atoms with E-state index in [-0.39, 0.29) is 23.1 Å². The predicted molar refractivity (Wildman–Crippen MR) is 133 cm³/mol. The minimum Gasteiger partial charge on any atom is -0.390 e. The highest BCUT2D eigenvalue weighted by atomic mass is 35.5. The molecular weight excluding hydrogens is 448 g/mol. The molecule has 0 spiro atoms. The van der Waals surface area contributed by atoms with Gasteiger partial charge in [0.05, 0.1) is 5.60 Å². The summed E-state index contributed by atoms with van der Waals surface area (Å²) in [4.78, 5) is 28.6. The van der Waals surface area contributed by atoms with Crippen LogP contribution in [0.1, 0.15) is 83.1 Å². The Hall–Kier alpha value is -1.59. The largest absolute Gasteiger partial charge is 0.390 e. The van der Waals surface area contributed by atoms with Crippen molar-refractivity contribution in [2.75, 3.05) is 13.1 Å². The monoisotopic (exact) mass is 486 g/mol. The van der Waals surface area contributed by atoms with Crippen molar-refractivity contribution in [2.24, 2.45) is 23.2 Å². The summed E-state index contributed by atoms with van der Waals surface area (Å²) in [6.07, 6.45) is 8.18. The van der Waals surface area contributed by atoms with Gasteiger partial charge in [0.2, 0.25) is 11.8 Å². The van der Waals surface area contributed by atoms with Gasteiger partial charge in [0.1, 0.15) is 6.04 Å². The van der Waals surface area contributed by atoms with Gasteiger partial charge < -0.3 is 15.3 Å². The molecule has 5 nitrogen and oxygen atoms in total. The fourth-order valence-electron chi connectivity index (χ4n) is 8.05. The Labute approximate surface area is 208 Å². The van der Waals surface area contributed by atoms with Crippen molar-refractivity contribution in [1.82, 2.24) is 10.2 Å². The Morgan fingerprint density at radius 1 is 1.09 bits per heavy atom. The van der Waals surface area contributed by atoms with Crippen LogP contribution in [-0.4, -0.2) is 46.6 Å². The molecule has 5 fully saturated rings. The Morgan fingerprint density at radius 3 is 2.26 bits per heavy atom. The van der Waals surface area contributed by atoms with Crippen LogP contribution >= 0.6 is 11.6 Å². The summed E-state index contributed by atoms with van der Waals surface area (Å²) in [6.45, 7) is 5.45. The standard InChI is InChI=1S/C28H39ClN2O3/c1-18(2)25(26(33)31-9-7-22(8-10-31)21-3-5-23(29)6-4-21)30-24(32)16-27-12-19-11-20(13-27)15-28(34,14-19)17-27/h3-6,18-20,22,25,34H,7-17H2,1-2H3,(H,30,32)/t19?,20?,25-,27?,28?/m1/s1. The summed E-state index contributed by atoms with van der Waals surface area (Å²) < 4.78 is 0.